The Morgan fingerprint density at radius 2 is 2.00 bits per heavy atom. The van der Waals surface area contributed by atoms with Gasteiger partial charge in [-0.3, -0.25) is 10.1 Å². The van der Waals surface area contributed by atoms with Gasteiger partial charge in [-0.2, -0.15) is 0 Å². The number of carboxylic acids is 1. The number of aliphatic carboxylic acids is 1. The Morgan fingerprint density at radius 3 is 2.55 bits per heavy atom. The first-order valence-electron chi connectivity index (χ1n) is 7.20. The molecule has 0 spiro atoms. The number of carbonyl (C=O) groups is 1. The Kier molecular flexibility index (Phi) is 5.15. The zero-order chi connectivity index (χ0) is 14.4. The molecule has 0 atom stereocenters. The number of carboxylic acid groups (broad SMARTS) is 1. The molecule has 0 bridgehead atoms. The second-order valence-corrected chi connectivity index (χ2v) is 5.49. The highest BCUT2D eigenvalue weighted by molar-refractivity contribution is 5.79. The van der Waals surface area contributed by atoms with E-state index in [4.69, 9.17) is 4.74 Å². The zero-order valence-corrected chi connectivity index (χ0v) is 12.0. The fraction of sp³-hybridized carbons (Fsp3) is 0.562. The number of nitrogens with one attached hydrogen (secondary N) is 1. The molecule has 0 aliphatic heterocycles. The maximum absolute atomic E-state index is 11.6. The van der Waals surface area contributed by atoms with Crippen LogP contribution in [-0.2, 0) is 9.53 Å². The van der Waals surface area contributed by atoms with Crippen LogP contribution in [0.3, 0.4) is 0 Å². The molecule has 2 N–H and O–H groups in total. The van der Waals surface area contributed by atoms with Crippen molar-refractivity contribution in [1.29, 1.82) is 0 Å². The first-order chi connectivity index (χ1) is 9.68. The molecule has 1 saturated carbocycles. The molecule has 1 aromatic carbocycles. The summed E-state index contributed by atoms with van der Waals surface area (Å²) in [5.74, 6) is -0.256. The summed E-state index contributed by atoms with van der Waals surface area (Å²) in [6, 6.07) is 10.4. The Balaban J connectivity index is 1.97. The molecular weight excluding hydrogens is 254 g/mol. The summed E-state index contributed by atoms with van der Waals surface area (Å²) in [5.41, 5.74) is 0.549. The van der Waals surface area contributed by atoms with E-state index in [1.807, 2.05) is 18.2 Å². The van der Waals surface area contributed by atoms with Crippen molar-refractivity contribution in [2.24, 2.45) is 0 Å². The molecule has 110 valence electrons. The van der Waals surface area contributed by atoms with Crippen molar-refractivity contribution in [2.75, 3.05) is 20.3 Å². The predicted octanol–water partition coefficient (Wildman–Crippen LogP) is 2.40. The van der Waals surface area contributed by atoms with Gasteiger partial charge in [0.1, 0.15) is 5.54 Å². The zero-order valence-electron chi connectivity index (χ0n) is 12.0. The van der Waals surface area contributed by atoms with Crippen LogP contribution in [-0.4, -0.2) is 36.9 Å². The van der Waals surface area contributed by atoms with E-state index in [9.17, 15) is 9.90 Å². The first kappa shape index (κ1) is 15.0. The number of rotatable bonds is 6. The van der Waals surface area contributed by atoms with Gasteiger partial charge in [-0.15, -0.1) is 0 Å². The quantitative estimate of drug-likeness (QED) is 0.784. The summed E-state index contributed by atoms with van der Waals surface area (Å²) in [5, 5.41) is 12.7. The normalized spacial score (nSPS) is 26.4. The summed E-state index contributed by atoms with van der Waals surface area (Å²) >= 11 is 0. The van der Waals surface area contributed by atoms with E-state index in [1.54, 1.807) is 7.11 Å². The summed E-state index contributed by atoms with van der Waals surface area (Å²) in [6.45, 7) is 1.12. The highest BCUT2D eigenvalue weighted by Crippen LogP contribution is 2.38. The minimum absolute atomic E-state index is 0.480. The molecular formula is C16H23NO3. The van der Waals surface area contributed by atoms with E-state index in [0.717, 1.165) is 12.8 Å². The van der Waals surface area contributed by atoms with Crippen molar-refractivity contribution < 1.29 is 14.6 Å². The van der Waals surface area contributed by atoms with E-state index in [1.165, 1.54) is 5.56 Å². The molecule has 4 heteroatoms. The number of ether oxygens (including phenoxy) is 1. The van der Waals surface area contributed by atoms with Crippen LogP contribution >= 0.6 is 0 Å². The molecule has 0 radical (unpaired) electrons. The second-order valence-electron chi connectivity index (χ2n) is 5.49. The maximum Gasteiger partial charge on any atom is 0.323 e. The van der Waals surface area contributed by atoms with Gasteiger partial charge < -0.3 is 9.84 Å². The molecule has 0 heterocycles. The van der Waals surface area contributed by atoms with Crippen LogP contribution in [0.25, 0.3) is 0 Å². The number of methoxy groups -OCH3 is 1. The minimum Gasteiger partial charge on any atom is -0.480 e. The highest BCUT2D eigenvalue weighted by Gasteiger charge is 2.41. The van der Waals surface area contributed by atoms with Crippen LogP contribution in [0.2, 0.25) is 0 Å². The van der Waals surface area contributed by atoms with Crippen molar-refractivity contribution in [3.05, 3.63) is 35.9 Å². The van der Waals surface area contributed by atoms with E-state index in [2.05, 4.69) is 17.4 Å². The largest absolute Gasteiger partial charge is 0.480 e. The van der Waals surface area contributed by atoms with Crippen LogP contribution in [0.4, 0.5) is 0 Å². The summed E-state index contributed by atoms with van der Waals surface area (Å²) in [7, 11) is 1.63. The molecule has 0 aromatic heterocycles. The van der Waals surface area contributed by atoms with Crippen LogP contribution in [0, 0.1) is 0 Å². The smallest absolute Gasteiger partial charge is 0.323 e. The van der Waals surface area contributed by atoms with Gasteiger partial charge in [0.05, 0.1) is 6.61 Å². The summed E-state index contributed by atoms with van der Waals surface area (Å²) in [6.07, 6.45) is 3.17. The first-order valence-corrected chi connectivity index (χ1v) is 7.20. The summed E-state index contributed by atoms with van der Waals surface area (Å²) in [4.78, 5) is 11.6. The average Bonchev–Trinajstić information content (AvgIpc) is 2.49. The molecule has 20 heavy (non-hydrogen) atoms. The predicted molar refractivity (Wildman–Crippen MR) is 77.9 cm³/mol. The molecule has 1 aliphatic rings. The Labute approximate surface area is 120 Å². The van der Waals surface area contributed by atoms with Gasteiger partial charge in [-0.25, -0.2) is 0 Å². The molecule has 4 nitrogen and oxygen atoms in total. The molecule has 1 aromatic rings. The van der Waals surface area contributed by atoms with Crippen molar-refractivity contribution >= 4 is 5.97 Å². The molecule has 2 rings (SSSR count). The van der Waals surface area contributed by atoms with Gasteiger partial charge in [-0.1, -0.05) is 30.3 Å². The Hall–Kier alpha value is -1.39. The second kappa shape index (κ2) is 6.86. The topological polar surface area (TPSA) is 58.6 Å². The molecule has 0 saturated heterocycles. The van der Waals surface area contributed by atoms with Crippen molar-refractivity contribution in [2.45, 2.75) is 37.1 Å². The van der Waals surface area contributed by atoms with E-state index in [0.29, 0.717) is 31.9 Å². The van der Waals surface area contributed by atoms with Crippen molar-refractivity contribution in [3.63, 3.8) is 0 Å². The lowest BCUT2D eigenvalue weighted by Crippen LogP contribution is -2.54. The maximum atomic E-state index is 11.6. The molecule has 1 aliphatic carbocycles. The SMILES string of the molecule is COCCNC1(C(=O)O)CCC(c2ccccc2)CC1. The monoisotopic (exact) mass is 277 g/mol. The van der Waals surface area contributed by atoms with E-state index in [-0.39, 0.29) is 0 Å². The molecule has 0 unspecified atom stereocenters. The van der Waals surface area contributed by atoms with Crippen LogP contribution in [0.1, 0.15) is 37.2 Å². The lowest BCUT2D eigenvalue weighted by Gasteiger charge is -2.37. The number of hydrogen-bond acceptors (Lipinski definition) is 3. The van der Waals surface area contributed by atoms with E-state index >= 15 is 0 Å². The molecule has 0 amide bonds. The molecule has 1 fully saturated rings. The van der Waals surface area contributed by atoms with Gasteiger partial charge in [0, 0.05) is 13.7 Å². The standard InChI is InChI=1S/C16H23NO3/c1-20-12-11-17-16(15(18)19)9-7-14(8-10-16)13-5-3-2-4-6-13/h2-6,14,17H,7-12H2,1H3,(H,18,19). The fourth-order valence-electron chi connectivity index (χ4n) is 3.03. The van der Waals surface area contributed by atoms with Gasteiger partial charge in [0.25, 0.3) is 0 Å². The number of hydrogen-bond donors (Lipinski definition) is 2. The van der Waals surface area contributed by atoms with Gasteiger partial charge in [0.2, 0.25) is 0 Å². The fourth-order valence-corrected chi connectivity index (χ4v) is 3.03. The number of benzene rings is 1. The van der Waals surface area contributed by atoms with Gasteiger partial charge in [-0.05, 0) is 37.2 Å². The third kappa shape index (κ3) is 3.38. The lowest BCUT2D eigenvalue weighted by molar-refractivity contribution is -0.146. The minimum atomic E-state index is -0.774. The Bertz CT molecular complexity index is 425. The third-order valence-corrected chi connectivity index (χ3v) is 4.29. The van der Waals surface area contributed by atoms with Crippen LogP contribution < -0.4 is 5.32 Å². The summed E-state index contributed by atoms with van der Waals surface area (Å²) < 4.78 is 4.99. The van der Waals surface area contributed by atoms with Crippen LogP contribution in [0.15, 0.2) is 30.3 Å². The van der Waals surface area contributed by atoms with Crippen molar-refractivity contribution in [3.8, 4) is 0 Å². The highest BCUT2D eigenvalue weighted by atomic mass is 16.5. The Morgan fingerprint density at radius 1 is 1.35 bits per heavy atom. The van der Waals surface area contributed by atoms with Gasteiger partial charge >= 0.3 is 5.97 Å². The lowest BCUT2D eigenvalue weighted by atomic mass is 9.74. The van der Waals surface area contributed by atoms with Gasteiger partial charge in [0.15, 0.2) is 0 Å². The third-order valence-electron chi connectivity index (χ3n) is 4.29. The average molecular weight is 277 g/mol. The van der Waals surface area contributed by atoms with E-state index < -0.39 is 11.5 Å². The van der Waals surface area contributed by atoms with Crippen molar-refractivity contribution in [1.82, 2.24) is 5.32 Å². The van der Waals surface area contributed by atoms with Crippen LogP contribution in [0.5, 0.6) is 0 Å².